The minimum absolute atomic E-state index is 0.0174. The second-order valence-corrected chi connectivity index (χ2v) is 4.34. The number of hydrogen-bond donors (Lipinski definition) is 0. The summed E-state index contributed by atoms with van der Waals surface area (Å²) in [4.78, 5) is 13.4. The van der Waals surface area contributed by atoms with Crippen molar-refractivity contribution in [3.63, 3.8) is 0 Å². The molecular weight excluding hydrogens is 287 g/mol. The zero-order chi connectivity index (χ0) is 12.8. The van der Waals surface area contributed by atoms with Gasteiger partial charge in [0.25, 0.3) is 5.91 Å². The van der Waals surface area contributed by atoms with Crippen molar-refractivity contribution in [1.82, 2.24) is 4.90 Å². The number of carbonyl (C=O) groups is 1. The van der Waals surface area contributed by atoms with Gasteiger partial charge in [0.15, 0.2) is 0 Å². The lowest BCUT2D eigenvalue weighted by Crippen LogP contribution is -2.33. The van der Waals surface area contributed by atoms with Gasteiger partial charge in [0.05, 0.1) is 11.6 Å². The van der Waals surface area contributed by atoms with Gasteiger partial charge < -0.3 is 4.90 Å². The summed E-state index contributed by atoms with van der Waals surface area (Å²) in [5, 5.41) is 8.65. The van der Waals surface area contributed by atoms with Gasteiger partial charge in [0.1, 0.15) is 12.4 Å². The van der Waals surface area contributed by atoms with Gasteiger partial charge in [-0.3, -0.25) is 4.79 Å². The Morgan fingerprint density at radius 3 is 2.82 bits per heavy atom. The fourth-order valence-corrected chi connectivity index (χ4v) is 1.98. The van der Waals surface area contributed by atoms with Crippen LogP contribution in [-0.2, 0) is 0 Å². The predicted molar refractivity (Wildman–Crippen MR) is 65.9 cm³/mol. The first-order valence-corrected chi connectivity index (χ1v) is 6.01. The van der Waals surface area contributed by atoms with Crippen molar-refractivity contribution in [1.29, 1.82) is 5.26 Å². The third-order valence-electron chi connectivity index (χ3n) is 2.22. The molecule has 0 aliphatic rings. The molecule has 0 N–H and O–H groups in total. The van der Waals surface area contributed by atoms with E-state index in [0.29, 0.717) is 11.0 Å². The van der Waals surface area contributed by atoms with E-state index in [1.165, 1.54) is 17.0 Å². The lowest BCUT2D eigenvalue weighted by atomic mass is 10.2. The normalized spacial score (nSPS) is 9.76. The van der Waals surface area contributed by atoms with Crippen molar-refractivity contribution < 1.29 is 9.18 Å². The molecule has 90 valence electrons. The van der Waals surface area contributed by atoms with Crippen molar-refractivity contribution >= 4 is 21.8 Å². The van der Waals surface area contributed by atoms with Gasteiger partial charge in [0.2, 0.25) is 0 Å². The van der Waals surface area contributed by atoms with E-state index in [-0.39, 0.29) is 12.1 Å². The highest BCUT2D eigenvalue weighted by Gasteiger charge is 2.20. The minimum Gasteiger partial charge on any atom is -0.325 e. The van der Waals surface area contributed by atoms with Crippen LogP contribution in [-0.4, -0.2) is 23.9 Å². The number of hydrogen-bond acceptors (Lipinski definition) is 2. The predicted octanol–water partition coefficient (Wildman–Crippen LogP) is 2.96. The van der Waals surface area contributed by atoms with Gasteiger partial charge in [-0.15, -0.1) is 0 Å². The summed E-state index contributed by atoms with van der Waals surface area (Å²) in [7, 11) is 0. The van der Waals surface area contributed by atoms with E-state index in [2.05, 4.69) is 15.9 Å². The second kappa shape index (κ2) is 6.36. The Morgan fingerprint density at radius 1 is 1.59 bits per heavy atom. The third kappa shape index (κ3) is 3.27. The maximum Gasteiger partial charge on any atom is 0.258 e. The summed E-state index contributed by atoms with van der Waals surface area (Å²) in [5.74, 6) is -1.04. The van der Waals surface area contributed by atoms with Crippen LogP contribution < -0.4 is 0 Å². The average molecular weight is 299 g/mol. The van der Waals surface area contributed by atoms with Gasteiger partial charge in [0, 0.05) is 11.0 Å². The van der Waals surface area contributed by atoms with E-state index in [0.717, 1.165) is 6.42 Å². The number of rotatable bonds is 4. The average Bonchev–Trinajstić information content (AvgIpc) is 2.28. The number of nitrogens with zero attached hydrogens (tertiary/aromatic N) is 2. The van der Waals surface area contributed by atoms with E-state index in [1.54, 1.807) is 6.07 Å². The fourth-order valence-electron chi connectivity index (χ4n) is 1.47. The maximum atomic E-state index is 13.6. The number of carbonyl (C=O) groups excluding carboxylic acids is 1. The molecule has 0 aliphatic heterocycles. The summed E-state index contributed by atoms with van der Waals surface area (Å²) in [6.07, 6.45) is 0.722. The fraction of sp³-hybridized carbons (Fsp3) is 0.333. The van der Waals surface area contributed by atoms with Gasteiger partial charge >= 0.3 is 0 Å². The number of halogens is 2. The molecule has 0 radical (unpaired) electrons. The van der Waals surface area contributed by atoms with Crippen molar-refractivity contribution in [2.75, 3.05) is 13.1 Å². The Kier molecular flexibility index (Phi) is 5.11. The highest BCUT2D eigenvalue weighted by Crippen LogP contribution is 2.21. The molecule has 0 spiro atoms. The Bertz CT molecular complexity index is 436. The van der Waals surface area contributed by atoms with Crippen LogP contribution in [0.25, 0.3) is 0 Å². The van der Waals surface area contributed by atoms with E-state index >= 15 is 0 Å². The Morgan fingerprint density at radius 2 is 2.29 bits per heavy atom. The first-order chi connectivity index (χ1) is 8.11. The quantitative estimate of drug-likeness (QED) is 0.802. The molecule has 1 aromatic rings. The standard InChI is InChI=1S/C12H12BrFN2O/c1-2-7-16(8-6-15)12(17)11-9(13)4-3-5-10(11)14/h3-5H,2,7-8H2,1H3. The molecule has 0 aromatic heterocycles. The third-order valence-corrected chi connectivity index (χ3v) is 2.88. The molecule has 0 saturated carbocycles. The molecule has 0 saturated heterocycles. The largest absolute Gasteiger partial charge is 0.325 e. The zero-order valence-corrected chi connectivity index (χ0v) is 11.0. The highest BCUT2D eigenvalue weighted by molar-refractivity contribution is 9.10. The second-order valence-electron chi connectivity index (χ2n) is 3.48. The summed E-state index contributed by atoms with van der Waals surface area (Å²) >= 11 is 3.15. The molecule has 0 fully saturated rings. The van der Waals surface area contributed by atoms with Crippen LogP contribution in [0.3, 0.4) is 0 Å². The van der Waals surface area contributed by atoms with Crippen LogP contribution in [0.2, 0.25) is 0 Å². The molecule has 0 aliphatic carbocycles. The smallest absolute Gasteiger partial charge is 0.258 e. The van der Waals surface area contributed by atoms with E-state index in [4.69, 9.17) is 5.26 Å². The summed E-state index contributed by atoms with van der Waals surface area (Å²) < 4.78 is 14.0. The highest BCUT2D eigenvalue weighted by atomic mass is 79.9. The summed E-state index contributed by atoms with van der Waals surface area (Å²) in [6, 6.07) is 6.26. The molecule has 0 bridgehead atoms. The Balaban J connectivity index is 3.05. The van der Waals surface area contributed by atoms with Crippen molar-refractivity contribution in [3.05, 3.63) is 34.1 Å². The maximum absolute atomic E-state index is 13.6. The van der Waals surface area contributed by atoms with E-state index in [1.807, 2.05) is 13.0 Å². The topological polar surface area (TPSA) is 44.1 Å². The molecule has 0 atom stereocenters. The zero-order valence-electron chi connectivity index (χ0n) is 9.41. The lowest BCUT2D eigenvalue weighted by molar-refractivity contribution is 0.0770. The van der Waals surface area contributed by atoms with Crippen molar-refractivity contribution in [3.8, 4) is 6.07 Å². The first kappa shape index (κ1) is 13.7. The molecular formula is C12H12BrFN2O. The van der Waals surface area contributed by atoms with Crippen LogP contribution in [0.5, 0.6) is 0 Å². The summed E-state index contributed by atoms with van der Waals surface area (Å²) in [6.45, 7) is 2.30. The lowest BCUT2D eigenvalue weighted by Gasteiger charge is -2.19. The van der Waals surface area contributed by atoms with Gasteiger partial charge in [-0.05, 0) is 34.5 Å². The molecule has 1 rings (SSSR count). The van der Waals surface area contributed by atoms with Crippen LogP contribution >= 0.6 is 15.9 Å². The molecule has 3 nitrogen and oxygen atoms in total. The number of amides is 1. The van der Waals surface area contributed by atoms with Crippen molar-refractivity contribution in [2.24, 2.45) is 0 Å². The van der Waals surface area contributed by atoms with E-state index < -0.39 is 11.7 Å². The molecule has 5 heteroatoms. The van der Waals surface area contributed by atoms with Crippen LogP contribution in [0.1, 0.15) is 23.7 Å². The SMILES string of the molecule is CCCN(CC#N)C(=O)c1c(F)cccc1Br. The minimum atomic E-state index is -0.580. The number of nitriles is 1. The molecule has 1 amide bonds. The molecule has 17 heavy (non-hydrogen) atoms. The Hall–Kier alpha value is -1.41. The van der Waals surface area contributed by atoms with Gasteiger partial charge in [-0.1, -0.05) is 13.0 Å². The van der Waals surface area contributed by atoms with Gasteiger partial charge in [-0.25, -0.2) is 4.39 Å². The van der Waals surface area contributed by atoms with E-state index in [9.17, 15) is 9.18 Å². The molecule has 1 aromatic carbocycles. The first-order valence-electron chi connectivity index (χ1n) is 5.22. The van der Waals surface area contributed by atoms with Crippen LogP contribution in [0.4, 0.5) is 4.39 Å². The number of benzene rings is 1. The van der Waals surface area contributed by atoms with Crippen LogP contribution in [0, 0.1) is 17.1 Å². The monoisotopic (exact) mass is 298 g/mol. The van der Waals surface area contributed by atoms with Gasteiger partial charge in [-0.2, -0.15) is 5.26 Å². The molecule has 0 unspecified atom stereocenters. The van der Waals surface area contributed by atoms with Crippen LogP contribution in [0.15, 0.2) is 22.7 Å². The summed E-state index contributed by atoms with van der Waals surface area (Å²) in [5.41, 5.74) is -0.0174. The van der Waals surface area contributed by atoms with Crippen molar-refractivity contribution in [2.45, 2.75) is 13.3 Å². The molecule has 0 heterocycles. The Labute approximate surface area is 108 Å².